The number of likely N-dealkylation sites (tertiary alicyclic amines) is 1. The molecule has 1 aliphatic carbocycles. The summed E-state index contributed by atoms with van der Waals surface area (Å²) in [5, 5.41) is 13.7. The number of amides is 1. The van der Waals surface area contributed by atoms with Gasteiger partial charge in [0.1, 0.15) is 5.56 Å². The van der Waals surface area contributed by atoms with Crippen LogP contribution in [-0.4, -0.2) is 50.0 Å². The van der Waals surface area contributed by atoms with Gasteiger partial charge in [-0.1, -0.05) is 25.0 Å². The van der Waals surface area contributed by atoms with Crippen molar-refractivity contribution in [3.8, 4) is 0 Å². The number of nitrogens with zero attached hydrogens (tertiary/aromatic N) is 3. The Morgan fingerprint density at radius 3 is 2.67 bits per heavy atom. The Kier molecular flexibility index (Phi) is 6.68. The molecule has 1 saturated heterocycles. The number of pyridine rings is 3. The Morgan fingerprint density at radius 1 is 1.17 bits per heavy atom. The number of piperidine rings is 1. The summed E-state index contributed by atoms with van der Waals surface area (Å²) >= 11 is 0. The van der Waals surface area contributed by atoms with Crippen LogP contribution >= 0.6 is 0 Å². The van der Waals surface area contributed by atoms with Crippen LogP contribution in [0.3, 0.4) is 0 Å². The first-order valence-electron chi connectivity index (χ1n) is 12.9. The number of nitrogens with one attached hydrogen (secondary N) is 1. The number of rotatable bonds is 5. The molecule has 3 aromatic rings. The second-order valence-corrected chi connectivity index (χ2v) is 10.6. The van der Waals surface area contributed by atoms with Crippen molar-refractivity contribution < 1.29 is 9.90 Å². The van der Waals surface area contributed by atoms with Gasteiger partial charge in [0.05, 0.1) is 28.4 Å². The third-order valence-electron chi connectivity index (χ3n) is 8.00. The molecule has 4 N–H and O–H groups in total. The first-order chi connectivity index (χ1) is 17.3. The van der Waals surface area contributed by atoms with Gasteiger partial charge in [-0.25, -0.2) is 0 Å². The van der Waals surface area contributed by atoms with Crippen molar-refractivity contribution in [1.29, 1.82) is 0 Å². The molecule has 2 aliphatic rings. The van der Waals surface area contributed by atoms with E-state index in [4.69, 9.17) is 5.73 Å². The quantitative estimate of drug-likeness (QED) is 0.508. The van der Waals surface area contributed by atoms with Gasteiger partial charge in [-0.3, -0.25) is 23.9 Å². The average molecular weight is 490 g/mol. The zero-order valence-corrected chi connectivity index (χ0v) is 20.8. The highest BCUT2D eigenvalue weighted by atomic mass is 16.3. The van der Waals surface area contributed by atoms with Crippen molar-refractivity contribution in [3.63, 3.8) is 0 Å². The summed E-state index contributed by atoms with van der Waals surface area (Å²) in [6.45, 7) is 3.94. The monoisotopic (exact) mass is 489 g/mol. The van der Waals surface area contributed by atoms with Gasteiger partial charge in [0.2, 0.25) is 0 Å². The van der Waals surface area contributed by atoms with Crippen LogP contribution in [0.2, 0.25) is 0 Å². The molecule has 4 heterocycles. The molecule has 0 unspecified atom stereocenters. The molecular weight excluding hydrogens is 454 g/mol. The molecule has 8 nitrogen and oxygen atoms in total. The molecular formula is C28H35N5O3. The summed E-state index contributed by atoms with van der Waals surface area (Å²) in [6, 6.07) is 12.8. The van der Waals surface area contributed by atoms with Crippen LogP contribution in [0, 0.1) is 0 Å². The third kappa shape index (κ3) is 4.81. The maximum atomic E-state index is 13.3. The maximum absolute atomic E-state index is 13.3. The molecule has 2 atom stereocenters. The molecule has 1 saturated carbocycles. The standard InChI is InChI=1S/C28H35N5O3/c1-27(36)11-5-2-9-23(27)31-25(34)21-18-20(22-8-4-7-15-33(22)26(21)35)19-32-16-12-28(29,13-17-32)24-10-3-6-14-30-24/h3-4,6-8,10,14-15,18,23,36H,2,5,9,11-13,16-17,19,29H2,1H3,(H,31,34)/t23-,27-/m0/s1. The fourth-order valence-corrected chi connectivity index (χ4v) is 5.66. The normalized spacial score (nSPS) is 24.5. The highest BCUT2D eigenvalue weighted by molar-refractivity contribution is 5.95. The van der Waals surface area contributed by atoms with Gasteiger partial charge in [0.15, 0.2) is 0 Å². The third-order valence-corrected chi connectivity index (χ3v) is 8.00. The number of hydrogen-bond donors (Lipinski definition) is 3. The molecule has 0 aromatic carbocycles. The van der Waals surface area contributed by atoms with E-state index in [2.05, 4.69) is 15.2 Å². The minimum absolute atomic E-state index is 0.105. The highest BCUT2D eigenvalue weighted by Crippen LogP contribution is 2.30. The lowest BCUT2D eigenvalue weighted by Gasteiger charge is -2.39. The number of carbonyl (C=O) groups excluding carboxylic acids is 1. The molecule has 5 rings (SSSR count). The number of nitrogens with two attached hydrogens (primary N) is 1. The first-order valence-corrected chi connectivity index (χ1v) is 12.9. The minimum Gasteiger partial charge on any atom is -0.388 e. The lowest BCUT2D eigenvalue weighted by molar-refractivity contribution is -0.00864. The minimum atomic E-state index is -0.972. The molecule has 8 heteroatoms. The van der Waals surface area contributed by atoms with Crippen molar-refractivity contribution in [3.05, 3.63) is 82.0 Å². The average Bonchev–Trinajstić information content (AvgIpc) is 2.89. The number of carbonyl (C=O) groups is 1. The number of aromatic nitrogens is 2. The van der Waals surface area contributed by atoms with Gasteiger partial charge in [-0.05, 0) is 68.5 Å². The van der Waals surface area contributed by atoms with Crippen LogP contribution in [0.25, 0.3) is 5.52 Å². The van der Waals surface area contributed by atoms with E-state index in [1.54, 1.807) is 35.9 Å². The lowest BCUT2D eigenvalue weighted by atomic mass is 9.81. The van der Waals surface area contributed by atoms with E-state index in [0.29, 0.717) is 19.4 Å². The summed E-state index contributed by atoms with van der Waals surface area (Å²) in [6.07, 6.45) is 8.25. The van der Waals surface area contributed by atoms with E-state index in [1.165, 1.54) is 0 Å². The molecule has 3 aromatic heterocycles. The number of aliphatic hydroxyl groups is 1. The first kappa shape index (κ1) is 24.6. The predicted octanol–water partition coefficient (Wildman–Crippen LogP) is 2.57. The molecule has 1 aliphatic heterocycles. The van der Waals surface area contributed by atoms with E-state index >= 15 is 0 Å². The molecule has 1 amide bonds. The Bertz CT molecular complexity index is 1300. The van der Waals surface area contributed by atoms with Crippen LogP contribution in [0.15, 0.2) is 59.7 Å². The van der Waals surface area contributed by atoms with Crippen molar-refractivity contribution in [2.45, 2.75) is 69.2 Å². The fraction of sp³-hybridized carbons (Fsp3) is 0.464. The number of hydrogen-bond acceptors (Lipinski definition) is 6. The van der Waals surface area contributed by atoms with Crippen molar-refractivity contribution in [1.82, 2.24) is 19.6 Å². The van der Waals surface area contributed by atoms with E-state index in [-0.39, 0.29) is 17.2 Å². The Balaban J connectivity index is 1.39. The van der Waals surface area contributed by atoms with Gasteiger partial charge >= 0.3 is 0 Å². The van der Waals surface area contributed by atoms with E-state index in [1.807, 2.05) is 30.3 Å². The van der Waals surface area contributed by atoms with Crippen LogP contribution < -0.4 is 16.6 Å². The number of fused-ring (bicyclic) bond motifs is 1. The van der Waals surface area contributed by atoms with Crippen LogP contribution in [0.4, 0.5) is 0 Å². The summed E-state index contributed by atoms with van der Waals surface area (Å²) in [7, 11) is 0. The summed E-state index contributed by atoms with van der Waals surface area (Å²) < 4.78 is 1.55. The highest BCUT2D eigenvalue weighted by Gasteiger charge is 2.36. The predicted molar refractivity (Wildman–Crippen MR) is 139 cm³/mol. The summed E-state index contributed by atoms with van der Waals surface area (Å²) in [5.41, 5.74) is 7.67. The van der Waals surface area contributed by atoms with Crippen LogP contribution in [0.5, 0.6) is 0 Å². The zero-order valence-electron chi connectivity index (χ0n) is 20.8. The second-order valence-electron chi connectivity index (χ2n) is 10.6. The van der Waals surface area contributed by atoms with E-state index < -0.39 is 17.0 Å². The molecule has 0 radical (unpaired) electrons. The fourth-order valence-electron chi connectivity index (χ4n) is 5.66. The molecule has 190 valence electrons. The van der Waals surface area contributed by atoms with Crippen LogP contribution in [0.1, 0.15) is 67.1 Å². The van der Waals surface area contributed by atoms with Gasteiger partial charge < -0.3 is 16.2 Å². The van der Waals surface area contributed by atoms with E-state index in [9.17, 15) is 14.7 Å². The van der Waals surface area contributed by atoms with Crippen LogP contribution in [-0.2, 0) is 12.1 Å². The zero-order chi connectivity index (χ0) is 25.3. The smallest absolute Gasteiger partial charge is 0.267 e. The molecule has 0 bridgehead atoms. The second kappa shape index (κ2) is 9.76. The lowest BCUT2D eigenvalue weighted by Crippen LogP contribution is -2.53. The molecule has 36 heavy (non-hydrogen) atoms. The van der Waals surface area contributed by atoms with E-state index in [0.717, 1.165) is 55.5 Å². The Labute approximate surface area is 211 Å². The summed E-state index contributed by atoms with van der Waals surface area (Å²) in [4.78, 5) is 33.3. The SMILES string of the molecule is C[C@]1(O)CCCC[C@@H]1NC(=O)c1cc(CN2CCC(N)(c3ccccn3)CC2)c2ccccn2c1=O. The van der Waals surface area contributed by atoms with Gasteiger partial charge in [0.25, 0.3) is 11.5 Å². The maximum Gasteiger partial charge on any atom is 0.267 e. The Hall–Kier alpha value is -3.07. The molecule has 2 fully saturated rings. The van der Waals surface area contributed by atoms with Gasteiger partial charge in [-0.15, -0.1) is 0 Å². The van der Waals surface area contributed by atoms with Gasteiger partial charge in [-0.2, -0.15) is 0 Å². The topological polar surface area (TPSA) is 113 Å². The molecule has 0 spiro atoms. The van der Waals surface area contributed by atoms with Crippen molar-refractivity contribution in [2.75, 3.05) is 13.1 Å². The van der Waals surface area contributed by atoms with Crippen molar-refractivity contribution >= 4 is 11.4 Å². The van der Waals surface area contributed by atoms with Crippen molar-refractivity contribution in [2.24, 2.45) is 5.73 Å². The largest absolute Gasteiger partial charge is 0.388 e. The Morgan fingerprint density at radius 2 is 1.94 bits per heavy atom. The van der Waals surface area contributed by atoms with Gasteiger partial charge in [0, 0.05) is 32.0 Å². The summed E-state index contributed by atoms with van der Waals surface area (Å²) in [5.74, 6) is -0.429.